The Morgan fingerprint density at radius 1 is 1.33 bits per heavy atom. The molecule has 7 heteroatoms. The van der Waals surface area contributed by atoms with Crippen LogP contribution in [0.15, 0.2) is 29.3 Å². The quantitative estimate of drug-likeness (QED) is 0.712. The van der Waals surface area contributed by atoms with Gasteiger partial charge in [-0.15, -0.1) is 0 Å². The van der Waals surface area contributed by atoms with E-state index in [0.717, 1.165) is 43.3 Å². The Morgan fingerprint density at radius 3 is 3.24 bits per heavy atom. The van der Waals surface area contributed by atoms with Gasteiger partial charge in [0.15, 0.2) is 5.65 Å². The van der Waals surface area contributed by atoms with Crippen LogP contribution in [0.2, 0.25) is 0 Å². The normalized spacial score (nSPS) is 27.7. The summed E-state index contributed by atoms with van der Waals surface area (Å²) in [5.74, 6) is 1.64. The Labute approximate surface area is 120 Å². The Morgan fingerprint density at radius 2 is 2.33 bits per heavy atom. The highest BCUT2D eigenvalue weighted by Gasteiger charge is 2.59. The van der Waals surface area contributed by atoms with Crippen LogP contribution in [0.1, 0.15) is 24.7 Å². The number of fused-ring (bicyclic) bond motifs is 1. The maximum absolute atomic E-state index is 5.50. The van der Waals surface area contributed by atoms with Crippen molar-refractivity contribution in [3.05, 3.63) is 30.7 Å². The maximum Gasteiger partial charge on any atom is 0.230 e. The number of hydrogen-bond acceptors (Lipinski definition) is 6. The number of ether oxygens (including phenoxy) is 1. The van der Waals surface area contributed by atoms with E-state index >= 15 is 0 Å². The molecular formula is C14H13N5O2. The molecule has 106 valence electrons. The van der Waals surface area contributed by atoms with Gasteiger partial charge in [-0.1, -0.05) is 5.16 Å². The van der Waals surface area contributed by atoms with Gasteiger partial charge in [-0.3, -0.25) is 9.38 Å². The van der Waals surface area contributed by atoms with E-state index in [2.05, 4.69) is 20.1 Å². The summed E-state index contributed by atoms with van der Waals surface area (Å²) < 4.78 is 12.9. The number of hydrogen-bond donors (Lipinski definition) is 0. The van der Waals surface area contributed by atoms with Gasteiger partial charge < -0.3 is 9.26 Å². The predicted octanol–water partition coefficient (Wildman–Crippen LogP) is 1.67. The Hall–Kier alpha value is -2.28. The molecule has 0 radical (unpaired) electrons. The molecule has 3 aromatic heterocycles. The minimum absolute atomic E-state index is 0.257. The van der Waals surface area contributed by atoms with Crippen molar-refractivity contribution in [2.75, 3.05) is 13.2 Å². The van der Waals surface area contributed by atoms with E-state index in [9.17, 15) is 0 Å². The summed E-state index contributed by atoms with van der Waals surface area (Å²) in [5.41, 5.74) is 1.85. The highest BCUT2D eigenvalue weighted by Crippen LogP contribution is 2.63. The minimum Gasteiger partial charge on any atom is -0.381 e. The molecule has 1 aliphatic heterocycles. The van der Waals surface area contributed by atoms with Gasteiger partial charge in [0.25, 0.3) is 0 Å². The molecule has 0 amide bonds. The van der Waals surface area contributed by atoms with Crippen LogP contribution in [-0.4, -0.2) is 37.7 Å². The zero-order valence-electron chi connectivity index (χ0n) is 11.3. The van der Waals surface area contributed by atoms with Crippen molar-refractivity contribution >= 4 is 5.65 Å². The number of aromatic nitrogens is 5. The van der Waals surface area contributed by atoms with Crippen molar-refractivity contribution in [1.82, 2.24) is 24.5 Å². The van der Waals surface area contributed by atoms with E-state index in [0.29, 0.717) is 11.7 Å². The summed E-state index contributed by atoms with van der Waals surface area (Å²) >= 11 is 0. The summed E-state index contributed by atoms with van der Waals surface area (Å²) in [6.45, 7) is 1.66. The van der Waals surface area contributed by atoms with Crippen molar-refractivity contribution in [2.45, 2.75) is 18.8 Å². The molecule has 5 rings (SSSR count). The Kier molecular flexibility index (Phi) is 2.11. The summed E-state index contributed by atoms with van der Waals surface area (Å²) in [5, 5.41) is 4.12. The highest BCUT2D eigenvalue weighted by atomic mass is 16.5. The highest BCUT2D eigenvalue weighted by molar-refractivity contribution is 5.55. The third kappa shape index (κ3) is 1.58. The fourth-order valence-electron chi connectivity index (χ4n) is 3.24. The van der Waals surface area contributed by atoms with E-state index in [4.69, 9.17) is 9.26 Å². The van der Waals surface area contributed by atoms with Crippen molar-refractivity contribution in [2.24, 2.45) is 5.41 Å². The van der Waals surface area contributed by atoms with Gasteiger partial charge in [0.05, 0.1) is 19.0 Å². The van der Waals surface area contributed by atoms with Crippen molar-refractivity contribution in [3.63, 3.8) is 0 Å². The van der Waals surface area contributed by atoms with Crippen LogP contribution in [0.25, 0.3) is 17.2 Å². The second-order valence-electron chi connectivity index (χ2n) is 5.83. The largest absolute Gasteiger partial charge is 0.381 e. The zero-order chi connectivity index (χ0) is 13.9. The molecule has 0 N–H and O–H groups in total. The first-order chi connectivity index (χ1) is 10.4. The number of imidazole rings is 1. The van der Waals surface area contributed by atoms with Crippen LogP contribution < -0.4 is 0 Å². The molecule has 4 heterocycles. The topological polar surface area (TPSA) is 78.3 Å². The lowest BCUT2D eigenvalue weighted by Crippen LogP contribution is -2.02. The third-order valence-corrected chi connectivity index (χ3v) is 4.61. The molecule has 21 heavy (non-hydrogen) atoms. The SMILES string of the molecule is c1cn2c(-c3noc(C4CC45CCOC5)n3)cnc2cn1. The number of rotatable bonds is 2. The molecule has 2 atom stereocenters. The lowest BCUT2D eigenvalue weighted by Gasteiger charge is -2.01. The van der Waals surface area contributed by atoms with Gasteiger partial charge >= 0.3 is 0 Å². The van der Waals surface area contributed by atoms with E-state index in [1.165, 1.54) is 0 Å². The second kappa shape index (κ2) is 3.88. The molecule has 2 unspecified atom stereocenters. The summed E-state index contributed by atoms with van der Waals surface area (Å²) in [4.78, 5) is 12.9. The van der Waals surface area contributed by atoms with Gasteiger partial charge in [0.2, 0.25) is 11.7 Å². The second-order valence-corrected chi connectivity index (χ2v) is 5.83. The van der Waals surface area contributed by atoms with Gasteiger partial charge in [-0.25, -0.2) is 4.98 Å². The third-order valence-electron chi connectivity index (χ3n) is 4.61. The van der Waals surface area contributed by atoms with Crippen molar-refractivity contribution < 1.29 is 9.26 Å². The van der Waals surface area contributed by atoms with Gasteiger partial charge in [-0.2, -0.15) is 4.98 Å². The Bertz CT molecular complexity index is 818. The van der Waals surface area contributed by atoms with E-state index < -0.39 is 0 Å². The molecule has 2 fully saturated rings. The van der Waals surface area contributed by atoms with E-state index in [1.807, 2.05) is 10.6 Å². The fourth-order valence-corrected chi connectivity index (χ4v) is 3.24. The van der Waals surface area contributed by atoms with Gasteiger partial charge in [0.1, 0.15) is 5.69 Å². The van der Waals surface area contributed by atoms with Crippen LogP contribution >= 0.6 is 0 Å². The predicted molar refractivity (Wildman–Crippen MR) is 71.5 cm³/mol. The van der Waals surface area contributed by atoms with E-state index in [-0.39, 0.29) is 5.41 Å². The molecule has 3 aromatic rings. The molecule has 7 nitrogen and oxygen atoms in total. The standard InChI is InChI=1S/C14H13N5O2/c1-4-20-8-14(1)5-9(14)13-17-12(18-21-13)10-6-16-11-7-15-2-3-19(10)11/h2-3,6-7,9H,1,4-5,8H2. The summed E-state index contributed by atoms with van der Waals surface area (Å²) in [6.07, 6.45) is 9.19. The minimum atomic E-state index is 0.257. The average molecular weight is 283 g/mol. The fraction of sp³-hybridized carbons (Fsp3) is 0.429. The van der Waals surface area contributed by atoms with Crippen LogP contribution in [0.4, 0.5) is 0 Å². The van der Waals surface area contributed by atoms with E-state index in [1.54, 1.807) is 18.6 Å². The van der Waals surface area contributed by atoms with Crippen molar-refractivity contribution in [3.8, 4) is 11.5 Å². The van der Waals surface area contributed by atoms with Crippen LogP contribution in [0.3, 0.4) is 0 Å². The molecule has 0 aromatic carbocycles. The first kappa shape index (κ1) is 11.4. The zero-order valence-corrected chi connectivity index (χ0v) is 11.3. The molecule has 1 saturated heterocycles. The Balaban J connectivity index is 1.51. The number of nitrogens with zero attached hydrogens (tertiary/aromatic N) is 5. The van der Waals surface area contributed by atoms with Gasteiger partial charge in [-0.05, 0) is 12.8 Å². The van der Waals surface area contributed by atoms with Gasteiger partial charge in [0, 0.05) is 30.3 Å². The monoisotopic (exact) mass is 283 g/mol. The smallest absolute Gasteiger partial charge is 0.230 e. The summed E-state index contributed by atoms with van der Waals surface area (Å²) in [6, 6.07) is 0. The first-order valence-corrected chi connectivity index (χ1v) is 7.05. The molecule has 1 saturated carbocycles. The molecular weight excluding hydrogens is 270 g/mol. The molecule has 1 spiro atoms. The van der Waals surface area contributed by atoms with Crippen LogP contribution in [0, 0.1) is 5.41 Å². The lowest BCUT2D eigenvalue weighted by atomic mass is 10.0. The lowest BCUT2D eigenvalue weighted by molar-refractivity contribution is 0.179. The molecule has 0 bridgehead atoms. The maximum atomic E-state index is 5.50. The average Bonchev–Trinajstić information content (AvgIpc) is 2.96. The molecule has 1 aliphatic carbocycles. The summed E-state index contributed by atoms with van der Waals surface area (Å²) in [7, 11) is 0. The van der Waals surface area contributed by atoms with Crippen LogP contribution in [-0.2, 0) is 4.74 Å². The molecule has 2 aliphatic rings. The van der Waals surface area contributed by atoms with Crippen LogP contribution in [0.5, 0.6) is 0 Å². The van der Waals surface area contributed by atoms with Crippen molar-refractivity contribution in [1.29, 1.82) is 0 Å². The first-order valence-electron chi connectivity index (χ1n) is 7.05.